The third-order valence-electron chi connectivity index (χ3n) is 3.71. The fourth-order valence-electron chi connectivity index (χ4n) is 2.66. The van der Waals surface area contributed by atoms with Gasteiger partial charge in [-0.05, 0) is 12.5 Å². The third-order valence-corrected chi connectivity index (χ3v) is 3.71. The van der Waals surface area contributed by atoms with Gasteiger partial charge in [-0.3, -0.25) is 0 Å². The maximum Gasteiger partial charge on any atom is 0.241 e. The summed E-state index contributed by atoms with van der Waals surface area (Å²) in [5.74, 6) is 1.37. The molecule has 4 nitrogen and oxygen atoms in total. The van der Waals surface area contributed by atoms with Crippen LogP contribution in [0.3, 0.4) is 0 Å². The van der Waals surface area contributed by atoms with E-state index < -0.39 is 0 Å². The molecule has 0 fully saturated rings. The molecule has 2 aromatic carbocycles. The summed E-state index contributed by atoms with van der Waals surface area (Å²) < 4.78 is 11.4. The van der Waals surface area contributed by atoms with Gasteiger partial charge in [0, 0.05) is 18.1 Å². The fourth-order valence-corrected chi connectivity index (χ4v) is 2.66. The zero-order valence-electron chi connectivity index (χ0n) is 14.2. The Bertz CT molecular complexity index is 920. The second kappa shape index (κ2) is 7.50. The molecule has 0 aliphatic heterocycles. The first-order valence-corrected chi connectivity index (χ1v) is 8.10. The molecule has 0 aliphatic carbocycles. The molecule has 1 heterocycles. The Kier molecular flexibility index (Phi) is 4.96. The van der Waals surface area contributed by atoms with E-state index >= 15 is 0 Å². The van der Waals surface area contributed by atoms with Crippen molar-refractivity contribution in [3.8, 4) is 28.5 Å². The van der Waals surface area contributed by atoms with Gasteiger partial charge < -0.3 is 9.15 Å². The molecule has 0 atom stereocenters. The van der Waals surface area contributed by atoms with Crippen molar-refractivity contribution in [1.82, 2.24) is 0 Å². The lowest BCUT2D eigenvalue weighted by Crippen LogP contribution is -1.97. The molecule has 0 bridgehead atoms. The highest BCUT2D eigenvalue weighted by molar-refractivity contribution is 5.89. The van der Waals surface area contributed by atoms with Crippen LogP contribution >= 0.6 is 0 Å². The van der Waals surface area contributed by atoms with E-state index in [2.05, 4.69) is 11.1 Å². The minimum atomic E-state index is 0.270. The van der Waals surface area contributed by atoms with E-state index in [0.29, 0.717) is 23.8 Å². The van der Waals surface area contributed by atoms with Gasteiger partial charge in [-0.2, -0.15) is 10.3 Å². The number of hydrogen-bond acceptors (Lipinski definition) is 4. The smallest absolute Gasteiger partial charge is 0.241 e. The van der Waals surface area contributed by atoms with Gasteiger partial charge in [0.2, 0.25) is 5.88 Å². The number of rotatable bonds is 4. The monoisotopic (exact) mass is 330 g/mol. The first kappa shape index (κ1) is 16.5. The molecule has 0 N–H and O–H groups in total. The van der Waals surface area contributed by atoms with Crippen molar-refractivity contribution < 1.29 is 9.15 Å². The summed E-state index contributed by atoms with van der Waals surface area (Å²) in [5, 5.41) is 9.74. The fraction of sp³-hybridized carbons (Fsp3) is 0.143. The highest BCUT2D eigenvalue weighted by atomic mass is 16.5. The summed E-state index contributed by atoms with van der Waals surface area (Å²) in [6.45, 7) is 4.14. The molecule has 3 aromatic rings. The normalized spacial score (nSPS) is 11.2. The van der Waals surface area contributed by atoms with Crippen LogP contribution in [0.5, 0.6) is 0 Å². The van der Waals surface area contributed by atoms with Gasteiger partial charge in [-0.15, -0.1) is 0 Å². The zero-order chi connectivity index (χ0) is 17.6. The predicted octanol–water partition coefficient (Wildman–Crippen LogP) is 5.57. The molecule has 0 unspecified atom stereocenters. The maximum absolute atomic E-state index is 9.74. The van der Waals surface area contributed by atoms with Crippen molar-refractivity contribution in [2.24, 2.45) is 4.99 Å². The molecule has 0 saturated carbocycles. The zero-order valence-corrected chi connectivity index (χ0v) is 14.2. The van der Waals surface area contributed by atoms with Gasteiger partial charge in [0.1, 0.15) is 17.4 Å². The molecule has 1 aromatic heterocycles. The Labute approximate surface area is 147 Å². The molecule has 0 amide bonds. The highest BCUT2D eigenvalue weighted by Gasteiger charge is 2.22. The maximum atomic E-state index is 9.74. The van der Waals surface area contributed by atoms with E-state index in [1.165, 1.54) is 0 Å². The summed E-state index contributed by atoms with van der Waals surface area (Å²) in [6.07, 6.45) is 0. The molecule has 25 heavy (non-hydrogen) atoms. The van der Waals surface area contributed by atoms with Crippen molar-refractivity contribution in [3.05, 3.63) is 66.2 Å². The summed E-state index contributed by atoms with van der Waals surface area (Å²) in [4.78, 5) is 4.36. The minimum absolute atomic E-state index is 0.270. The second-order valence-corrected chi connectivity index (χ2v) is 5.39. The standard InChI is InChI=1S/C21H18N2O2/c1-3-24-15(2)23-21-18(14-22)19(16-10-6-4-7-11-16)20(25-21)17-12-8-5-9-13-17/h4-13H,3H2,1-2H3. The van der Waals surface area contributed by atoms with E-state index in [4.69, 9.17) is 9.15 Å². The van der Waals surface area contributed by atoms with Crippen LogP contribution in [-0.4, -0.2) is 12.5 Å². The van der Waals surface area contributed by atoms with Gasteiger partial charge in [0.25, 0.3) is 0 Å². The SMILES string of the molecule is CCOC(C)=Nc1oc(-c2ccccc2)c(-c2ccccc2)c1C#N. The van der Waals surface area contributed by atoms with Crippen LogP contribution in [0.4, 0.5) is 5.88 Å². The molecular weight excluding hydrogens is 312 g/mol. The van der Waals surface area contributed by atoms with E-state index in [0.717, 1.165) is 16.7 Å². The molecule has 0 radical (unpaired) electrons. The molecule has 0 aliphatic rings. The molecule has 0 spiro atoms. The molecule has 0 saturated heterocycles. The van der Waals surface area contributed by atoms with Crippen molar-refractivity contribution in [2.45, 2.75) is 13.8 Å². The average molecular weight is 330 g/mol. The Morgan fingerprint density at radius 1 is 1.04 bits per heavy atom. The number of aliphatic imine (C=N–C) groups is 1. The Hall–Kier alpha value is -3.32. The van der Waals surface area contributed by atoms with Crippen molar-refractivity contribution in [3.63, 3.8) is 0 Å². The number of nitrogens with zero attached hydrogens (tertiary/aromatic N) is 2. The van der Waals surface area contributed by atoms with Crippen LogP contribution in [0.15, 0.2) is 70.1 Å². The van der Waals surface area contributed by atoms with E-state index in [1.807, 2.05) is 67.6 Å². The molecule has 124 valence electrons. The van der Waals surface area contributed by atoms with Crippen LogP contribution in [0.25, 0.3) is 22.5 Å². The lowest BCUT2D eigenvalue weighted by Gasteiger charge is -2.03. The molecular formula is C21H18N2O2. The van der Waals surface area contributed by atoms with Crippen LogP contribution < -0.4 is 0 Å². The van der Waals surface area contributed by atoms with Crippen LogP contribution in [0.2, 0.25) is 0 Å². The topological polar surface area (TPSA) is 58.5 Å². The summed E-state index contributed by atoms with van der Waals surface area (Å²) in [5.41, 5.74) is 2.96. The quantitative estimate of drug-likeness (QED) is 0.464. The number of hydrogen-bond donors (Lipinski definition) is 0. The Morgan fingerprint density at radius 2 is 1.64 bits per heavy atom. The average Bonchev–Trinajstić information content (AvgIpc) is 3.01. The van der Waals surface area contributed by atoms with Crippen LogP contribution in [-0.2, 0) is 4.74 Å². The highest BCUT2D eigenvalue weighted by Crippen LogP contribution is 2.42. The number of ether oxygens (including phenoxy) is 1. The lowest BCUT2D eigenvalue weighted by molar-refractivity contribution is 0.324. The first-order chi connectivity index (χ1) is 12.2. The van der Waals surface area contributed by atoms with Crippen LogP contribution in [0, 0.1) is 11.3 Å². The van der Waals surface area contributed by atoms with Gasteiger partial charge in [0.05, 0.1) is 6.61 Å². The number of benzene rings is 2. The third kappa shape index (κ3) is 3.46. The molecule has 3 rings (SSSR count). The van der Waals surface area contributed by atoms with Gasteiger partial charge >= 0.3 is 0 Å². The van der Waals surface area contributed by atoms with Gasteiger partial charge in [-0.25, -0.2) is 0 Å². The number of nitriles is 1. The first-order valence-electron chi connectivity index (χ1n) is 8.10. The van der Waals surface area contributed by atoms with E-state index in [-0.39, 0.29) is 5.88 Å². The van der Waals surface area contributed by atoms with Crippen molar-refractivity contribution in [2.75, 3.05) is 6.61 Å². The van der Waals surface area contributed by atoms with Crippen LogP contribution in [0.1, 0.15) is 19.4 Å². The van der Waals surface area contributed by atoms with Crippen molar-refractivity contribution in [1.29, 1.82) is 5.26 Å². The van der Waals surface area contributed by atoms with Crippen molar-refractivity contribution >= 4 is 11.8 Å². The summed E-state index contributed by atoms with van der Waals surface area (Å²) in [7, 11) is 0. The minimum Gasteiger partial charge on any atom is -0.481 e. The molecule has 4 heteroatoms. The van der Waals surface area contributed by atoms with Gasteiger partial charge in [0.15, 0.2) is 5.90 Å². The summed E-state index contributed by atoms with van der Waals surface area (Å²) in [6, 6.07) is 21.7. The summed E-state index contributed by atoms with van der Waals surface area (Å²) >= 11 is 0. The van der Waals surface area contributed by atoms with Gasteiger partial charge in [-0.1, -0.05) is 60.7 Å². The Morgan fingerprint density at radius 3 is 2.20 bits per heavy atom. The number of furan rings is 1. The van der Waals surface area contributed by atoms with E-state index in [1.54, 1.807) is 6.92 Å². The van der Waals surface area contributed by atoms with E-state index in [9.17, 15) is 5.26 Å². The lowest BCUT2D eigenvalue weighted by atomic mass is 9.98. The predicted molar refractivity (Wildman–Crippen MR) is 98.7 cm³/mol. The second-order valence-electron chi connectivity index (χ2n) is 5.39. The largest absolute Gasteiger partial charge is 0.481 e. The Balaban J connectivity index is 2.25.